The monoisotopic (exact) mass is 337 g/mol. The molecule has 2 aromatic heterocycles. The van der Waals surface area contributed by atoms with E-state index in [0.29, 0.717) is 37.1 Å². The van der Waals surface area contributed by atoms with E-state index >= 15 is 0 Å². The second kappa shape index (κ2) is 6.47. The van der Waals surface area contributed by atoms with E-state index in [9.17, 15) is 4.79 Å². The minimum atomic E-state index is -0.0745. The van der Waals surface area contributed by atoms with Crippen LogP contribution in [-0.4, -0.2) is 29.1 Å². The number of aromatic amines is 1. The van der Waals surface area contributed by atoms with Gasteiger partial charge in [-0.2, -0.15) is 0 Å². The summed E-state index contributed by atoms with van der Waals surface area (Å²) < 4.78 is 10.9. The third-order valence-electron chi connectivity index (χ3n) is 4.11. The van der Waals surface area contributed by atoms with Crippen LogP contribution < -0.4 is 14.8 Å². The quantitative estimate of drug-likeness (QED) is 0.767. The van der Waals surface area contributed by atoms with Crippen LogP contribution in [-0.2, 0) is 17.8 Å². The number of hydrogen-bond acceptors (Lipinski definition) is 4. The largest absolute Gasteiger partial charge is 0.484 e. The van der Waals surface area contributed by atoms with Crippen LogP contribution in [0, 0.1) is 6.92 Å². The SMILES string of the molecule is Cc1cc2cc(CNC(=O)Cc3ccc4c(n3)OCCO4)ccc2[nH]1. The van der Waals surface area contributed by atoms with E-state index in [2.05, 4.69) is 27.4 Å². The number of ether oxygens (including phenoxy) is 2. The van der Waals surface area contributed by atoms with Gasteiger partial charge in [0.05, 0.1) is 12.1 Å². The predicted molar refractivity (Wildman–Crippen MR) is 93.8 cm³/mol. The van der Waals surface area contributed by atoms with E-state index in [-0.39, 0.29) is 12.3 Å². The second-order valence-corrected chi connectivity index (χ2v) is 6.13. The van der Waals surface area contributed by atoms with Crippen molar-refractivity contribution in [2.24, 2.45) is 0 Å². The van der Waals surface area contributed by atoms with E-state index in [1.807, 2.05) is 19.1 Å². The maximum atomic E-state index is 12.2. The Labute approximate surface area is 145 Å². The number of nitrogens with zero attached hydrogens (tertiary/aromatic N) is 1. The van der Waals surface area contributed by atoms with E-state index in [0.717, 1.165) is 22.2 Å². The molecule has 3 aromatic rings. The first-order chi connectivity index (χ1) is 12.2. The van der Waals surface area contributed by atoms with Crippen molar-refractivity contribution in [1.82, 2.24) is 15.3 Å². The summed E-state index contributed by atoms with van der Waals surface area (Å²) in [6.45, 7) is 3.53. The van der Waals surface area contributed by atoms with Crippen molar-refractivity contribution in [2.45, 2.75) is 19.9 Å². The number of fused-ring (bicyclic) bond motifs is 2. The summed E-state index contributed by atoms with van der Waals surface area (Å²) in [6, 6.07) is 11.8. The topological polar surface area (TPSA) is 76.2 Å². The summed E-state index contributed by atoms with van der Waals surface area (Å²) in [4.78, 5) is 19.8. The highest BCUT2D eigenvalue weighted by atomic mass is 16.6. The van der Waals surface area contributed by atoms with Crippen molar-refractivity contribution in [2.75, 3.05) is 13.2 Å². The highest BCUT2D eigenvalue weighted by molar-refractivity contribution is 5.81. The third kappa shape index (κ3) is 3.42. The zero-order chi connectivity index (χ0) is 17.2. The molecule has 3 heterocycles. The number of nitrogens with one attached hydrogen (secondary N) is 2. The van der Waals surface area contributed by atoms with Crippen molar-refractivity contribution in [1.29, 1.82) is 0 Å². The molecule has 0 radical (unpaired) electrons. The van der Waals surface area contributed by atoms with Crippen LogP contribution in [0.1, 0.15) is 17.0 Å². The third-order valence-corrected chi connectivity index (χ3v) is 4.11. The molecule has 1 aromatic carbocycles. The number of carbonyl (C=O) groups is 1. The van der Waals surface area contributed by atoms with Gasteiger partial charge in [-0.15, -0.1) is 0 Å². The molecular weight excluding hydrogens is 318 g/mol. The number of rotatable bonds is 4. The van der Waals surface area contributed by atoms with Gasteiger partial charge < -0.3 is 19.8 Å². The van der Waals surface area contributed by atoms with Gasteiger partial charge in [-0.25, -0.2) is 4.98 Å². The lowest BCUT2D eigenvalue weighted by molar-refractivity contribution is -0.120. The Kier molecular flexibility index (Phi) is 4.01. The first kappa shape index (κ1) is 15.5. The first-order valence-electron chi connectivity index (χ1n) is 8.28. The summed E-state index contributed by atoms with van der Waals surface area (Å²) in [7, 11) is 0. The number of amides is 1. The average Bonchev–Trinajstić information content (AvgIpc) is 2.99. The molecule has 25 heavy (non-hydrogen) atoms. The van der Waals surface area contributed by atoms with Gasteiger partial charge in [0.25, 0.3) is 5.88 Å². The first-order valence-corrected chi connectivity index (χ1v) is 8.28. The summed E-state index contributed by atoms with van der Waals surface area (Å²) >= 11 is 0. The van der Waals surface area contributed by atoms with Crippen molar-refractivity contribution in [3.63, 3.8) is 0 Å². The number of aromatic nitrogens is 2. The minimum absolute atomic E-state index is 0.0745. The number of carbonyl (C=O) groups excluding carboxylic acids is 1. The Hall–Kier alpha value is -3.02. The van der Waals surface area contributed by atoms with Crippen LogP contribution in [0.15, 0.2) is 36.4 Å². The minimum Gasteiger partial charge on any atom is -0.484 e. The average molecular weight is 337 g/mol. The number of aryl methyl sites for hydroxylation is 1. The predicted octanol–water partition coefficient (Wildman–Crippen LogP) is 2.50. The van der Waals surface area contributed by atoms with Crippen molar-refractivity contribution in [3.05, 3.63) is 53.3 Å². The Morgan fingerprint density at radius 2 is 2.08 bits per heavy atom. The van der Waals surface area contributed by atoms with Crippen LogP contribution in [0.2, 0.25) is 0 Å². The standard InChI is InChI=1S/C19H19N3O3/c1-12-8-14-9-13(2-4-16(14)21-12)11-20-18(23)10-15-3-5-17-19(22-15)25-7-6-24-17/h2-5,8-9,21H,6-7,10-11H2,1H3,(H,20,23). The van der Waals surface area contributed by atoms with Gasteiger partial charge in [0, 0.05) is 17.8 Å². The zero-order valence-corrected chi connectivity index (χ0v) is 14.0. The number of hydrogen-bond donors (Lipinski definition) is 2. The Morgan fingerprint density at radius 3 is 3.00 bits per heavy atom. The molecule has 0 unspecified atom stereocenters. The lowest BCUT2D eigenvalue weighted by Crippen LogP contribution is -2.25. The van der Waals surface area contributed by atoms with E-state index in [4.69, 9.17) is 9.47 Å². The molecule has 4 rings (SSSR count). The van der Waals surface area contributed by atoms with Crippen molar-refractivity contribution in [3.8, 4) is 11.6 Å². The molecule has 0 saturated heterocycles. The summed E-state index contributed by atoms with van der Waals surface area (Å²) in [5, 5.41) is 4.09. The van der Waals surface area contributed by atoms with Gasteiger partial charge in [0.1, 0.15) is 13.2 Å². The summed E-state index contributed by atoms with van der Waals surface area (Å²) in [5.41, 5.74) is 3.96. The maximum Gasteiger partial charge on any atom is 0.257 e. The molecule has 0 atom stereocenters. The highest BCUT2D eigenvalue weighted by Crippen LogP contribution is 2.27. The summed E-state index contributed by atoms with van der Waals surface area (Å²) in [5.74, 6) is 1.02. The molecule has 0 saturated carbocycles. The smallest absolute Gasteiger partial charge is 0.257 e. The Balaban J connectivity index is 1.38. The molecule has 1 aliphatic heterocycles. The van der Waals surface area contributed by atoms with Crippen molar-refractivity contribution >= 4 is 16.8 Å². The number of H-pyrrole nitrogens is 1. The molecule has 0 aliphatic carbocycles. The van der Waals surface area contributed by atoms with Crippen molar-refractivity contribution < 1.29 is 14.3 Å². The van der Waals surface area contributed by atoms with E-state index in [1.165, 1.54) is 0 Å². The maximum absolute atomic E-state index is 12.2. The summed E-state index contributed by atoms with van der Waals surface area (Å²) in [6.07, 6.45) is 0.210. The molecule has 2 N–H and O–H groups in total. The fraction of sp³-hybridized carbons (Fsp3) is 0.263. The zero-order valence-electron chi connectivity index (χ0n) is 14.0. The van der Waals surface area contributed by atoms with E-state index < -0.39 is 0 Å². The van der Waals surface area contributed by atoms with Crippen LogP contribution in [0.5, 0.6) is 11.6 Å². The van der Waals surface area contributed by atoms with Crippen LogP contribution in [0.3, 0.4) is 0 Å². The van der Waals surface area contributed by atoms with Crippen LogP contribution in [0.25, 0.3) is 10.9 Å². The fourth-order valence-corrected chi connectivity index (χ4v) is 2.93. The molecule has 0 bridgehead atoms. The molecular formula is C19H19N3O3. The number of benzene rings is 1. The molecule has 1 aliphatic rings. The molecule has 0 spiro atoms. The molecule has 0 fully saturated rings. The van der Waals surface area contributed by atoms with Gasteiger partial charge in [0.2, 0.25) is 5.91 Å². The Morgan fingerprint density at radius 1 is 1.20 bits per heavy atom. The highest BCUT2D eigenvalue weighted by Gasteiger charge is 2.14. The van der Waals surface area contributed by atoms with Crippen LogP contribution in [0.4, 0.5) is 0 Å². The van der Waals surface area contributed by atoms with Gasteiger partial charge in [-0.3, -0.25) is 4.79 Å². The second-order valence-electron chi connectivity index (χ2n) is 6.13. The fourth-order valence-electron chi connectivity index (χ4n) is 2.93. The van der Waals surface area contributed by atoms with Gasteiger partial charge in [0.15, 0.2) is 5.75 Å². The number of pyridine rings is 1. The Bertz CT molecular complexity index is 933. The van der Waals surface area contributed by atoms with Gasteiger partial charge in [-0.1, -0.05) is 6.07 Å². The lowest BCUT2D eigenvalue weighted by Gasteiger charge is -2.17. The molecule has 6 heteroatoms. The van der Waals surface area contributed by atoms with Gasteiger partial charge >= 0.3 is 0 Å². The molecule has 128 valence electrons. The normalized spacial score (nSPS) is 13.0. The van der Waals surface area contributed by atoms with Crippen LogP contribution >= 0.6 is 0 Å². The van der Waals surface area contributed by atoms with E-state index in [1.54, 1.807) is 12.1 Å². The molecule has 6 nitrogen and oxygen atoms in total. The molecule has 1 amide bonds. The van der Waals surface area contributed by atoms with Gasteiger partial charge in [-0.05, 0) is 48.2 Å². The lowest BCUT2D eigenvalue weighted by atomic mass is 10.1.